The minimum atomic E-state index is -0.153. The zero-order valence-corrected chi connectivity index (χ0v) is 19.6. The number of halogens is 1. The summed E-state index contributed by atoms with van der Waals surface area (Å²) >= 11 is 6.23. The molecule has 0 aliphatic carbocycles. The minimum absolute atomic E-state index is 0.0288. The molecule has 7 nitrogen and oxygen atoms in total. The second-order valence-corrected chi connectivity index (χ2v) is 9.33. The molecule has 32 heavy (non-hydrogen) atoms. The molecule has 4 rings (SSSR count). The Kier molecular flexibility index (Phi) is 7.28. The fraction of sp³-hybridized carbons (Fsp3) is 0.542. The van der Waals surface area contributed by atoms with E-state index in [1.807, 2.05) is 36.9 Å². The lowest BCUT2D eigenvalue weighted by molar-refractivity contribution is 0.0355. The van der Waals surface area contributed by atoms with E-state index in [1.165, 1.54) is 6.33 Å². The number of aliphatic hydroxyl groups excluding tert-OH is 1. The van der Waals surface area contributed by atoms with Crippen LogP contribution in [0.3, 0.4) is 0 Å². The summed E-state index contributed by atoms with van der Waals surface area (Å²) in [5, 5.41) is 13.8. The molecule has 0 saturated carbocycles. The van der Waals surface area contributed by atoms with Crippen molar-refractivity contribution < 1.29 is 9.90 Å². The summed E-state index contributed by atoms with van der Waals surface area (Å²) in [4.78, 5) is 26.2. The lowest BCUT2D eigenvalue weighted by atomic mass is 9.98. The molecule has 1 aromatic carbocycles. The normalized spacial score (nSPS) is 18.7. The number of carbonyl (C=O) groups excluding carboxylic acids is 1. The molecule has 172 valence electrons. The quantitative estimate of drug-likeness (QED) is 0.716. The smallest absolute Gasteiger partial charge is 0.272 e. The number of aliphatic hydroxyl groups is 1. The third kappa shape index (κ3) is 5.22. The molecule has 0 radical (unpaired) electrons. The zero-order chi connectivity index (χ0) is 22.7. The van der Waals surface area contributed by atoms with E-state index in [2.05, 4.69) is 20.2 Å². The van der Waals surface area contributed by atoms with Crippen LogP contribution in [0.4, 0.5) is 5.82 Å². The summed E-state index contributed by atoms with van der Waals surface area (Å²) in [5.41, 5.74) is 3.33. The second-order valence-electron chi connectivity index (χ2n) is 8.92. The molecule has 2 saturated heterocycles. The number of hydrogen-bond donors (Lipinski definition) is 2. The van der Waals surface area contributed by atoms with Gasteiger partial charge in [0.1, 0.15) is 17.8 Å². The molecule has 0 bridgehead atoms. The van der Waals surface area contributed by atoms with Crippen molar-refractivity contribution in [3.8, 4) is 0 Å². The largest absolute Gasteiger partial charge is 0.393 e. The first-order valence-electron chi connectivity index (χ1n) is 11.4. The van der Waals surface area contributed by atoms with Crippen LogP contribution in [0.15, 0.2) is 24.5 Å². The highest BCUT2D eigenvalue weighted by Gasteiger charge is 2.30. The van der Waals surface area contributed by atoms with Crippen molar-refractivity contribution in [1.82, 2.24) is 19.8 Å². The van der Waals surface area contributed by atoms with Gasteiger partial charge in [-0.1, -0.05) is 23.7 Å². The van der Waals surface area contributed by atoms with Gasteiger partial charge < -0.3 is 20.2 Å². The number of anilines is 1. The van der Waals surface area contributed by atoms with Crippen molar-refractivity contribution in [2.24, 2.45) is 0 Å². The van der Waals surface area contributed by atoms with Gasteiger partial charge in [-0.2, -0.15) is 0 Å². The van der Waals surface area contributed by atoms with Crippen molar-refractivity contribution in [3.63, 3.8) is 0 Å². The molecule has 0 spiro atoms. The Morgan fingerprint density at radius 1 is 1.12 bits per heavy atom. The number of carbonyl (C=O) groups is 1. The number of benzene rings is 1. The van der Waals surface area contributed by atoms with Gasteiger partial charge in [0.2, 0.25) is 0 Å². The predicted molar refractivity (Wildman–Crippen MR) is 126 cm³/mol. The second kappa shape index (κ2) is 10.1. The first-order chi connectivity index (χ1) is 15.4. The van der Waals surface area contributed by atoms with Gasteiger partial charge >= 0.3 is 0 Å². The van der Waals surface area contributed by atoms with Crippen LogP contribution in [-0.2, 0) is 6.54 Å². The number of piperidine rings is 2. The maximum atomic E-state index is 13.2. The van der Waals surface area contributed by atoms with Crippen molar-refractivity contribution in [3.05, 3.63) is 51.9 Å². The summed E-state index contributed by atoms with van der Waals surface area (Å²) in [6.45, 7) is 7.81. The maximum absolute atomic E-state index is 13.2. The van der Waals surface area contributed by atoms with Crippen LogP contribution >= 0.6 is 11.6 Å². The Morgan fingerprint density at radius 2 is 1.84 bits per heavy atom. The van der Waals surface area contributed by atoms with Gasteiger partial charge in [0.05, 0.1) is 6.10 Å². The molecule has 2 N–H and O–H groups in total. The molecule has 2 fully saturated rings. The van der Waals surface area contributed by atoms with Gasteiger partial charge in [-0.15, -0.1) is 0 Å². The Bertz CT molecular complexity index is 953. The SMILES string of the molecule is Cc1ccc(CNc2ncnc(C(=O)N3CCC(N4CCC(O)CC4)CC3)c2C)cc1Cl. The monoisotopic (exact) mass is 457 g/mol. The highest BCUT2D eigenvalue weighted by Crippen LogP contribution is 2.24. The molecule has 2 aliphatic rings. The third-order valence-electron chi connectivity index (χ3n) is 6.75. The molecular formula is C24H32ClN5O2. The lowest BCUT2D eigenvalue weighted by Crippen LogP contribution is -2.49. The van der Waals surface area contributed by atoms with Gasteiger partial charge in [0.15, 0.2) is 0 Å². The minimum Gasteiger partial charge on any atom is -0.393 e. The Morgan fingerprint density at radius 3 is 2.53 bits per heavy atom. The Labute approximate surface area is 194 Å². The highest BCUT2D eigenvalue weighted by atomic mass is 35.5. The number of aromatic nitrogens is 2. The van der Waals surface area contributed by atoms with Gasteiger partial charge in [0, 0.05) is 49.4 Å². The van der Waals surface area contributed by atoms with Gasteiger partial charge in [-0.25, -0.2) is 9.97 Å². The summed E-state index contributed by atoms with van der Waals surface area (Å²) < 4.78 is 0. The van der Waals surface area contributed by atoms with Crippen LogP contribution in [0.25, 0.3) is 0 Å². The number of aryl methyl sites for hydroxylation is 1. The van der Waals surface area contributed by atoms with Gasteiger partial charge in [-0.3, -0.25) is 4.79 Å². The van der Waals surface area contributed by atoms with Crippen LogP contribution in [-0.4, -0.2) is 69.1 Å². The van der Waals surface area contributed by atoms with Crippen LogP contribution < -0.4 is 5.32 Å². The number of rotatable bonds is 5. The molecule has 3 heterocycles. The zero-order valence-electron chi connectivity index (χ0n) is 18.9. The summed E-state index contributed by atoms with van der Waals surface area (Å²) in [5.74, 6) is 0.639. The number of nitrogens with one attached hydrogen (secondary N) is 1. The molecule has 8 heteroatoms. The summed E-state index contributed by atoms with van der Waals surface area (Å²) in [6, 6.07) is 6.47. The molecule has 2 aromatic rings. The molecule has 0 atom stereocenters. The topological polar surface area (TPSA) is 81.6 Å². The van der Waals surface area contributed by atoms with Crippen molar-refractivity contribution in [2.75, 3.05) is 31.5 Å². The van der Waals surface area contributed by atoms with E-state index in [0.29, 0.717) is 24.1 Å². The van der Waals surface area contributed by atoms with Crippen molar-refractivity contribution in [2.45, 2.75) is 58.2 Å². The summed E-state index contributed by atoms with van der Waals surface area (Å²) in [6.07, 6.45) is 4.93. The first kappa shape index (κ1) is 23.0. The molecule has 1 aromatic heterocycles. The molecule has 1 amide bonds. The lowest BCUT2D eigenvalue weighted by Gasteiger charge is -2.41. The van der Waals surface area contributed by atoms with Crippen molar-refractivity contribution in [1.29, 1.82) is 0 Å². The molecular weight excluding hydrogens is 426 g/mol. The number of nitrogens with zero attached hydrogens (tertiary/aromatic N) is 4. The average Bonchev–Trinajstić information content (AvgIpc) is 2.81. The Hall–Kier alpha value is -2.22. The van der Waals surface area contributed by atoms with Gasteiger partial charge in [-0.05, 0) is 56.7 Å². The van der Waals surface area contributed by atoms with E-state index in [1.54, 1.807) is 0 Å². The highest BCUT2D eigenvalue weighted by molar-refractivity contribution is 6.31. The number of hydrogen-bond acceptors (Lipinski definition) is 6. The fourth-order valence-electron chi connectivity index (χ4n) is 4.61. The van der Waals surface area contributed by atoms with E-state index in [0.717, 1.165) is 73.6 Å². The van der Waals surface area contributed by atoms with Crippen LogP contribution in [0, 0.1) is 13.8 Å². The van der Waals surface area contributed by atoms with Gasteiger partial charge in [0.25, 0.3) is 5.91 Å². The van der Waals surface area contributed by atoms with Crippen LogP contribution in [0.2, 0.25) is 5.02 Å². The van der Waals surface area contributed by atoms with E-state index in [-0.39, 0.29) is 12.0 Å². The third-order valence-corrected chi connectivity index (χ3v) is 7.16. The molecule has 0 unspecified atom stereocenters. The van der Waals surface area contributed by atoms with Crippen LogP contribution in [0.5, 0.6) is 0 Å². The van der Waals surface area contributed by atoms with Crippen LogP contribution in [0.1, 0.15) is 52.9 Å². The van der Waals surface area contributed by atoms with E-state index < -0.39 is 0 Å². The molecule has 2 aliphatic heterocycles. The summed E-state index contributed by atoms with van der Waals surface area (Å²) in [7, 11) is 0. The first-order valence-corrected chi connectivity index (χ1v) is 11.8. The van der Waals surface area contributed by atoms with Crippen molar-refractivity contribution >= 4 is 23.3 Å². The average molecular weight is 458 g/mol. The van der Waals surface area contributed by atoms with E-state index >= 15 is 0 Å². The fourth-order valence-corrected chi connectivity index (χ4v) is 4.81. The predicted octanol–water partition coefficient (Wildman–Crippen LogP) is 3.42. The number of likely N-dealkylation sites (tertiary alicyclic amines) is 2. The number of amides is 1. The standard InChI is InChI=1S/C24H32ClN5O2/c1-16-3-4-18(13-21(16)25)14-26-23-17(2)22(27-15-28-23)24(32)30-9-5-19(6-10-30)29-11-7-20(31)8-12-29/h3-4,13,15,19-20,31H,5-12,14H2,1-2H3,(H,26,27,28). The Balaban J connectivity index is 1.36. The van der Waals surface area contributed by atoms with E-state index in [9.17, 15) is 9.90 Å². The van der Waals surface area contributed by atoms with E-state index in [4.69, 9.17) is 11.6 Å². The maximum Gasteiger partial charge on any atom is 0.272 e.